The number of aryl methyl sites for hydroxylation is 1. The monoisotopic (exact) mass is 381 g/mol. The van der Waals surface area contributed by atoms with Crippen LogP contribution in [0.3, 0.4) is 0 Å². The van der Waals surface area contributed by atoms with Gasteiger partial charge in [-0.2, -0.15) is 0 Å². The molecule has 142 valence electrons. The summed E-state index contributed by atoms with van der Waals surface area (Å²) in [5.41, 5.74) is 0.488. The van der Waals surface area contributed by atoms with Crippen LogP contribution in [0.25, 0.3) is 0 Å². The molecule has 0 spiro atoms. The Morgan fingerprint density at radius 3 is 2.79 bits per heavy atom. The lowest BCUT2D eigenvalue weighted by atomic mass is 9.81. The van der Waals surface area contributed by atoms with E-state index in [2.05, 4.69) is 15.3 Å². The molecule has 1 aliphatic rings. The fourth-order valence-corrected chi connectivity index (χ4v) is 3.36. The Hall–Kier alpha value is -3.35. The molecule has 1 atom stereocenters. The molecule has 2 aromatic heterocycles. The molecule has 3 aromatic rings. The standard InChI is InChI=1S/C21H17F2N3O2/c1-13-4-5-14(11-16(13)23)21(8-10-28-18-3-2-9-24-19(18)21)26-20(27)17-7-6-15(22)12-25-17/h2-7,9,11-12H,8,10H2,1H3,(H,26,27)/t21-/m0/s1. The van der Waals surface area contributed by atoms with Crippen LogP contribution < -0.4 is 10.1 Å². The summed E-state index contributed by atoms with van der Waals surface area (Å²) in [4.78, 5) is 21.2. The van der Waals surface area contributed by atoms with Crippen molar-refractivity contribution in [3.05, 3.63) is 89.0 Å². The van der Waals surface area contributed by atoms with Gasteiger partial charge in [0, 0.05) is 12.6 Å². The molecule has 1 amide bonds. The number of aromatic nitrogens is 2. The van der Waals surface area contributed by atoms with Gasteiger partial charge in [-0.1, -0.05) is 12.1 Å². The third-order valence-electron chi connectivity index (χ3n) is 4.86. The number of amides is 1. The summed E-state index contributed by atoms with van der Waals surface area (Å²) in [7, 11) is 0. The van der Waals surface area contributed by atoms with Crippen LogP contribution in [-0.2, 0) is 5.54 Å². The van der Waals surface area contributed by atoms with Gasteiger partial charge in [0.1, 0.15) is 34.3 Å². The first-order valence-electron chi connectivity index (χ1n) is 8.78. The third-order valence-corrected chi connectivity index (χ3v) is 4.86. The minimum absolute atomic E-state index is 0.0531. The fourth-order valence-electron chi connectivity index (χ4n) is 3.36. The van der Waals surface area contributed by atoms with Crippen LogP contribution in [0, 0.1) is 18.6 Å². The molecular formula is C21H17F2N3O2. The van der Waals surface area contributed by atoms with E-state index in [-0.39, 0.29) is 11.5 Å². The normalized spacial score (nSPS) is 18.1. The predicted molar refractivity (Wildman–Crippen MR) is 97.9 cm³/mol. The molecule has 0 saturated carbocycles. The third kappa shape index (κ3) is 3.09. The number of carbonyl (C=O) groups excluding carboxylic acids is 1. The quantitative estimate of drug-likeness (QED) is 0.754. The number of rotatable bonds is 3. The largest absolute Gasteiger partial charge is 0.491 e. The van der Waals surface area contributed by atoms with E-state index in [4.69, 9.17) is 4.74 Å². The number of ether oxygens (including phenoxy) is 1. The van der Waals surface area contributed by atoms with Gasteiger partial charge < -0.3 is 10.1 Å². The molecule has 1 aromatic carbocycles. The number of benzene rings is 1. The van der Waals surface area contributed by atoms with Gasteiger partial charge >= 0.3 is 0 Å². The van der Waals surface area contributed by atoms with E-state index in [1.165, 1.54) is 12.1 Å². The number of hydrogen-bond donors (Lipinski definition) is 1. The average molecular weight is 381 g/mol. The summed E-state index contributed by atoms with van der Waals surface area (Å²) in [5.74, 6) is -0.915. The predicted octanol–water partition coefficient (Wildman–Crippen LogP) is 3.52. The van der Waals surface area contributed by atoms with Crippen LogP contribution in [-0.4, -0.2) is 22.5 Å². The summed E-state index contributed by atoms with van der Waals surface area (Å²) in [6, 6.07) is 10.8. The van der Waals surface area contributed by atoms with Gasteiger partial charge in [-0.05, 0) is 48.4 Å². The molecule has 0 saturated heterocycles. The summed E-state index contributed by atoms with van der Waals surface area (Å²) in [6.45, 7) is 1.98. The van der Waals surface area contributed by atoms with Crippen molar-refractivity contribution in [1.82, 2.24) is 15.3 Å². The second kappa shape index (κ2) is 6.99. The second-order valence-electron chi connectivity index (χ2n) is 6.63. The van der Waals surface area contributed by atoms with E-state index in [1.807, 2.05) is 0 Å². The Labute approximate surface area is 160 Å². The Bertz CT molecular complexity index is 1040. The maximum atomic E-state index is 14.4. The number of halogens is 2. The number of nitrogens with one attached hydrogen (secondary N) is 1. The van der Waals surface area contributed by atoms with Crippen LogP contribution in [0.5, 0.6) is 5.75 Å². The van der Waals surface area contributed by atoms with Crippen molar-refractivity contribution in [1.29, 1.82) is 0 Å². The van der Waals surface area contributed by atoms with Crippen LogP contribution in [0.4, 0.5) is 8.78 Å². The summed E-state index contributed by atoms with van der Waals surface area (Å²) in [6.07, 6.45) is 2.92. The van der Waals surface area contributed by atoms with Crippen molar-refractivity contribution in [2.75, 3.05) is 6.61 Å². The second-order valence-corrected chi connectivity index (χ2v) is 6.63. The lowest BCUT2D eigenvalue weighted by molar-refractivity contribution is 0.0878. The Morgan fingerprint density at radius 2 is 2.04 bits per heavy atom. The molecule has 7 heteroatoms. The minimum atomic E-state index is -1.10. The van der Waals surface area contributed by atoms with Crippen molar-refractivity contribution in [3.63, 3.8) is 0 Å². The highest BCUT2D eigenvalue weighted by Crippen LogP contribution is 2.41. The van der Waals surface area contributed by atoms with Crippen molar-refractivity contribution >= 4 is 5.91 Å². The molecule has 28 heavy (non-hydrogen) atoms. The molecule has 0 unspecified atom stereocenters. The zero-order valence-corrected chi connectivity index (χ0v) is 15.1. The highest BCUT2D eigenvalue weighted by Gasteiger charge is 2.43. The molecule has 1 aliphatic heterocycles. The van der Waals surface area contributed by atoms with Gasteiger partial charge in [-0.25, -0.2) is 13.8 Å². The van der Waals surface area contributed by atoms with Gasteiger partial charge in [0.2, 0.25) is 0 Å². The maximum Gasteiger partial charge on any atom is 0.270 e. The van der Waals surface area contributed by atoms with Crippen molar-refractivity contribution < 1.29 is 18.3 Å². The summed E-state index contributed by atoms with van der Waals surface area (Å²) < 4.78 is 33.2. The molecule has 0 radical (unpaired) electrons. The smallest absolute Gasteiger partial charge is 0.270 e. The number of fused-ring (bicyclic) bond motifs is 1. The molecule has 4 rings (SSSR count). The van der Waals surface area contributed by atoms with Crippen LogP contribution in [0.15, 0.2) is 54.9 Å². The summed E-state index contributed by atoms with van der Waals surface area (Å²) in [5, 5.41) is 2.95. The van der Waals surface area contributed by atoms with E-state index in [0.717, 1.165) is 12.3 Å². The van der Waals surface area contributed by atoms with Crippen LogP contribution in [0.2, 0.25) is 0 Å². The Morgan fingerprint density at radius 1 is 1.18 bits per heavy atom. The van der Waals surface area contributed by atoms with Gasteiger partial charge in [0.25, 0.3) is 5.91 Å². The number of pyridine rings is 2. The van der Waals surface area contributed by atoms with Crippen molar-refractivity contribution in [2.45, 2.75) is 18.9 Å². The Balaban J connectivity index is 1.84. The topological polar surface area (TPSA) is 64.1 Å². The lowest BCUT2D eigenvalue weighted by Gasteiger charge is -2.39. The molecule has 0 aliphatic carbocycles. The first kappa shape index (κ1) is 18.0. The van der Waals surface area contributed by atoms with Gasteiger partial charge in [0.15, 0.2) is 0 Å². The Kier molecular flexibility index (Phi) is 4.50. The van der Waals surface area contributed by atoms with Crippen molar-refractivity contribution in [3.8, 4) is 5.75 Å². The molecule has 0 fully saturated rings. The van der Waals surface area contributed by atoms with Crippen molar-refractivity contribution in [2.24, 2.45) is 0 Å². The highest BCUT2D eigenvalue weighted by atomic mass is 19.1. The first-order chi connectivity index (χ1) is 13.5. The molecular weight excluding hydrogens is 364 g/mol. The van der Waals surface area contributed by atoms with Gasteiger partial charge in [-0.15, -0.1) is 0 Å². The molecule has 3 heterocycles. The summed E-state index contributed by atoms with van der Waals surface area (Å²) >= 11 is 0. The first-order valence-corrected chi connectivity index (χ1v) is 8.78. The van der Waals surface area contributed by atoms with Crippen LogP contribution >= 0.6 is 0 Å². The van der Waals surface area contributed by atoms with Gasteiger partial charge in [0.05, 0.1) is 12.8 Å². The highest BCUT2D eigenvalue weighted by molar-refractivity contribution is 5.93. The lowest BCUT2D eigenvalue weighted by Crippen LogP contribution is -2.50. The van der Waals surface area contributed by atoms with E-state index in [9.17, 15) is 13.6 Å². The molecule has 0 bridgehead atoms. The zero-order chi connectivity index (χ0) is 19.7. The van der Waals surface area contributed by atoms with E-state index in [0.29, 0.717) is 35.6 Å². The fraction of sp³-hybridized carbons (Fsp3) is 0.190. The number of nitrogens with zero attached hydrogens (tertiary/aromatic N) is 2. The van der Waals surface area contributed by atoms with E-state index >= 15 is 0 Å². The zero-order valence-electron chi connectivity index (χ0n) is 15.1. The average Bonchev–Trinajstić information content (AvgIpc) is 2.70. The maximum absolute atomic E-state index is 14.4. The number of carbonyl (C=O) groups is 1. The minimum Gasteiger partial charge on any atom is -0.491 e. The molecule has 5 nitrogen and oxygen atoms in total. The molecule has 1 N–H and O–H groups in total. The van der Waals surface area contributed by atoms with Gasteiger partial charge in [-0.3, -0.25) is 9.78 Å². The van der Waals surface area contributed by atoms with E-state index < -0.39 is 17.3 Å². The SMILES string of the molecule is Cc1ccc([C@@]2(NC(=O)c3ccc(F)cn3)CCOc3cccnc32)cc1F. The number of hydrogen-bond acceptors (Lipinski definition) is 4. The van der Waals surface area contributed by atoms with E-state index in [1.54, 1.807) is 37.4 Å². The van der Waals surface area contributed by atoms with Crippen LogP contribution in [0.1, 0.15) is 33.7 Å².